The molecule has 5 nitrogen and oxygen atoms in total. The summed E-state index contributed by atoms with van der Waals surface area (Å²) in [6, 6.07) is 5.21. The van der Waals surface area contributed by atoms with Gasteiger partial charge in [0.25, 0.3) is 0 Å². The maximum atomic E-state index is 12.7. The topological polar surface area (TPSA) is 57.7 Å². The fourth-order valence-corrected chi connectivity index (χ4v) is 2.13. The normalized spacial score (nSPS) is 11.2. The van der Waals surface area contributed by atoms with E-state index in [1.165, 1.54) is 6.07 Å². The highest BCUT2D eigenvalue weighted by Gasteiger charge is 2.32. The molecule has 0 amide bonds. The molecule has 0 bridgehead atoms. The Morgan fingerprint density at radius 3 is 2.52 bits per heavy atom. The first-order valence-corrected chi connectivity index (χ1v) is 8.04. The first-order valence-electron chi connectivity index (χ1n) is 7.66. The zero-order valence-corrected chi connectivity index (χ0v) is 15.1. The Hall–Kier alpha value is -2.74. The molecule has 0 N–H and O–H groups in total. The molecule has 27 heavy (non-hydrogen) atoms. The van der Waals surface area contributed by atoms with E-state index in [0.29, 0.717) is 12.3 Å². The highest BCUT2D eigenvalue weighted by atomic mass is 35.5. The largest absolute Gasteiger partial charge is 0.487 e. The first kappa shape index (κ1) is 20.6. The molecule has 2 aromatic rings. The number of benzene rings is 1. The lowest BCUT2D eigenvalue weighted by molar-refractivity contribution is -0.137. The van der Waals surface area contributed by atoms with E-state index in [1.807, 2.05) is 0 Å². The predicted molar refractivity (Wildman–Crippen MR) is 92.4 cm³/mol. The molecule has 144 valence electrons. The fourth-order valence-electron chi connectivity index (χ4n) is 1.93. The summed E-state index contributed by atoms with van der Waals surface area (Å²) in [4.78, 5) is 15.2. The third kappa shape index (κ3) is 5.37. The van der Waals surface area contributed by atoms with E-state index in [-0.39, 0.29) is 34.3 Å². The van der Waals surface area contributed by atoms with Crippen molar-refractivity contribution in [2.45, 2.75) is 26.1 Å². The predicted octanol–water partition coefficient (Wildman–Crippen LogP) is 5.42. The van der Waals surface area contributed by atoms with E-state index in [0.717, 1.165) is 6.08 Å². The smallest absolute Gasteiger partial charge is 0.417 e. The second-order valence-electron chi connectivity index (χ2n) is 5.49. The maximum Gasteiger partial charge on any atom is 0.417 e. The van der Waals surface area contributed by atoms with E-state index in [4.69, 9.17) is 25.8 Å². The lowest BCUT2D eigenvalue weighted by Crippen LogP contribution is -2.10. The van der Waals surface area contributed by atoms with Crippen molar-refractivity contribution in [1.29, 1.82) is 0 Å². The van der Waals surface area contributed by atoms with Gasteiger partial charge in [0.1, 0.15) is 5.02 Å². The minimum Gasteiger partial charge on any atom is -0.487 e. The molecule has 0 spiro atoms. The third-order valence-corrected chi connectivity index (χ3v) is 3.29. The van der Waals surface area contributed by atoms with Crippen LogP contribution in [0.1, 0.15) is 19.4 Å². The van der Waals surface area contributed by atoms with E-state index >= 15 is 0 Å². The summed E-state index contributed by atoms with van der Waals surface area (Å²) in [5.74, 6) is -0.958. The van der Waals surface area contributed by atoms with Crippen molar-refractivity contribution in [2.24, 2.45) is 0 Å². The van der Waals surface area contributed by atoms with Crippen molar-refractivity contribution in [3.63, 3.8) is 0 Å². The molecule has 2 rings (SSSR count). The summed E-state index contributed by atoms with van der Waals surface area (Å²) >= 11 is 5.85. The number of para-hydroxylation sites is 1. The van der Waals surface area contributed by atoms with Gasteiger partial charge in [-0.25, -0.2) is 9.78 Å². The molecule has 0 unspecified atom stereocenters. The molecule has 0 aliphatic carbocycles. The van der Waals surface area contributed by atoms with Gasteiger partial charge in [0, 0.05) is 12.3 Å². The van der Waals surface area contributed by atoms with Gasteiger partial charge in [-0.3, -0.25) is 0 Å². The Morgan fingerprint density at radius 1 is 1.30 bits per heavy atom. The number of pyridine rings is 1. The van der Waals surface area contributed by atoms with Gasteiger partial charge in [-0.1, -0.05) is 24.2 Å². The fraction of sp³-hybridized carbons (Fsp3) is 0.222. The van der Waals surface area contributed by atoms with Gasteiger partial charge >= 0.3 is 12.1 Å². The minimum absolute atomic E-state index is 0.0162. The molecule has 1 heterocycles. The molecule has 9 heteroatoms. The van der Waals surface area contributed by atoms with Gasteiger partial charge < -0.3 is 14.2 Å². The summed E-state index contributed by atoms with van der Waals surface area (Å²) < 4.78 is 54.4. The number of hydrogen-bond donors (Lipinski definition) is 0. The number of nitrogens with zero attached hydrogens (tertiary/aromatic N) is 1. The lowest BCUT2D eigenvalue weighted by Gasteiger charge is -2.17. The SMILES string of the molecule is C=CC(=O)Oc1c(Oc2ncc(C(F)(F)F)cc2Cl)cccc1OC(C)C. The monoisotopic (exact) mass is 401 g/mol. The molecule has 0 radical (unpaired) electrons. The zero-order valence-electron chi connectivity index (χ0n) is 14.3. The van der Waals surface area contributed by atoms with Gasteiger partial charge in [0.15, 0.2) is 11.5 Å². The number of rotatable bonds is 6. The standard InChI is InChI=1S/C18H15ClF3NO4/c1-4-15(24)27-16-13(25-10(2)3)6-5-7-14(16)26-17-12(19)8-11(9-23-17)18(20,21)22/h4-10H,1H2,2-3H3. The van der Waals surface area contributed by atoms with Crippen LogP contribution in [0.15, 0.2) is 43.1 Å². The van der Waals surface area contributed by atoms with E-state index < -0.39 is 17.7 Å². The van der Waals surface area contributed by atoms with Gasteiger partial charge in [0.2, 0.25) is 11.6 Å². The summed E-state index contributed by atoms with van der Waals surface area (Å²) in [5, 5.41) is -0.360. The number of esters is 1. The molecule has 0 aliphatic rings. The lowest BCUT2D eigenvalue weighted by atomic mass is 10.2. The molecule has 1 aromatic heterocycles. The Balaban J connectivity index is 2.43. The average Bonchev–Trinajstić information content (AvgIpc) is 2.57. The van der Waals surface area contributed by atoms with Gasteiger partial charge in [-0.05, 0) is 32.0 Å². The molecule has 1 aromatic carbocycles. The molecular formula is C18H15ClF3NO4. The molecule has 0 saturated heterocycles. The first-order chi connectivity index (χ1) is 12.6. The van der Waals surface area contributed by atoms with Crippen LogP contribution in [0.3, 0.4) is 0 Å². The van der Waals surface area contributed by atoms with Crippen molar-refractivity contribution in [3.8, 4) is 23.1 Å². The summed E-state index contributed by atoms with van der Waals surface area (Å²) in [6.07, 6.45) is -3.30. The average molecular weight is 402 g/mol. The minimum atomic E-state index is -4.59. The Morgan fingerprint density at radius 2 is 1.96 bits per heavy atom. The van der Waals surface area contributed by atoms with Crippen LogP contribution < -0.4 is 14.2 Å². The van der Waals surface area contributed by atoms with Crippen LogP contribution >= 0.6 is 11.6 Å². The van der Waals surface area contributed by atoms with Crippen LogP contribution in [0, 0.1) is 0 Å². The van der Waals surface area contributed by atoms with E-state index in [2.05, 4.69) is 11.6 Å². The number of alkyl halides is 3. The van der Waals surface area contributed by atoms with Crippen molar-refractivity contribution < 1.29 is 32.2 Å². The summed E-state index contributed by atoms with van der Waals surface area (Å²) in [7, 11) is 0. The van der Waals surface area contributed by atoms with Crippen molar-refractivity contribution in [3.05, 3.63) is 53.7 Å². The highest BCUT2D eigenvalue weighted by Crippen LogP contribution is 2.42. The van der Waals surface area contributed by atoms with Crippen LogP contribution in [0.25, 0.3) is 0 Å². The van der Waals surface area contributed by atoms with Gasteiger partial charge in [-0.2, -0.15) is 13.2 Å². The molecule has 0 fully saturated rings. The van der Waals surface area contributed by atoms with Crippen LogP contribution in [0.5, 0.6) is 23.1 Å². The molecule has 0 atom stereocenters. The maximum absolute atomic E-state index is 12.7. The van der Waals surface area contributed by atoms with Gasteiger partial charge in [-0.15, -0.1) is 0 Å². The number of hydrogen-bond acceptors (Lipinski definition) is 5. The molecular weight excluding hydrogens is 387 g/mol. The highest BCUT2D eigenvalue weighted by molar-refractivity contribution is 6.31. The second kappa shape index (κ2) is 8.30. The van der Waals surface area contributed by atoms with Gasteiger partial charge in [0.05, 0.1) is 11.7 Å². The van der Waals surface area contributed by atoms with E-state index in [9.17, 15) is 18.0 Å². The number of carbonyl (C=O) groups is 1. The number of carbonyl (C=O) groups excluding carboxylic acids is 1. The quantitative estimate of drug-likeness (QED) is 0.367. The summed E-state index contributed by atoms with van der Waals surface area (Å²) in [5.41, 5.74) is -1.02. The number of aromatic nitrogens is 1. The third-order valence-electron chi connectivity index (χ3n) is 3.02. The zero-order chi connectivity index (χ0) is 20.2. The van der Waals surface area contributed by atoms with Crippen molar-refractivity contribution in [2.75, 3.05) is 0 Å². The molecule has 0 saturated carbocycles. The van der Waals surface area contributed by atoms with Crippen molar-refractivity contribution in [1.82, 2.24) is 4.98 Å². The molecule has 0 aliphatic heterocycles. The summed E-state index contributed by atoms with van der Waals surface area (Å²) in [6.45, 7) is 6.84. The Labute approximate surface area is 158 Å². The Bertz CT molecular complexity index is 853. The Kier molecular flexibility index (Phi) is 6.32. The van der Waals surface area contributed by atoms with Crippen molar-refractivity contribution >= 4 is 17.6 Å². The van der Waals surface area contributed by atoms with Crippen LogP contribution in [-0.4, -0.2) is 17.1 Å². The second-order valence-corrected chi connectivity index (χ2v) is 5.89. The number of halogens is 4. The van der Waals surface area contributed by atoms with E-state index in [1.54, 1.807) is 26.0 Å². The van der Waals surface area contributed by atoms with Crippen LogP contribution in [0.2, 0.25) is 5.02 Å². The van der Waals surface area contributed by atoms with Crippen LogP contribution in [0.4, 0.5) is 13.2 Å². The number of ether oxygens (including phenoxy) is 3. The van der Waals surface area contributed by atoms with Crippen LogP contribution in [-0.2, 0) is 11.0 Å².